The SMILES string of the molecule is C=CCN(Cc1ccc(Cl)s1)[C@@H](C(=O)NC(=O)NC)c1ccccc1. The number of nitrogens with zero attached hydrogens (tertiary/aromatic N) is 1. The van der Waals surface area contributed by atoms with E-state index in [0.717, 1.165) is 10.4 Å². The minimum absolute atomic E-state index is 0.393. The van der Waals surface area contributed by atoms with E-state index >= 15 is 0 Å². The Balaban J connectivity index is 2.33. The lowest BCUT2D eigenvalue weighted by molar-refractivity contribution is -0.125. The number of amides is 3. The van der Waals surface area contributed by atoms with E-state index in [-0.39, 0.29) is 0 Å². The van der Waals surface area contributed by atoms with Crippen molar-refractivity contribution < 1.29 is 9.59 Å². The summed E-state index contributed by atoms with van der Waals surface area (Å²) >= 11 is 7.48. The number of hydrogen-bond acceptors (Lipinski definition) is 4. The molecule has 0 radical (unpaired) electrons. The van der Waals surface area contributed by atoms with E-state index in [4.69, 9.17) is 11.6 Å². The molecule has 1 aromatic carbocycles. The van der Waals surface area contributed by atoms with Crippen molar-refractivity contribution in [3.63, 3.8) is 0 Å². The lowest BCUT2D eigenvalue weighted by Gasteiger charge is -2.29. The van der Waals surface area contributed by atoms with Gasteiger partial charge in [0.25, 0.3) is 0 Å². The molecule has 5 nitrogen and oxygen atoms in total. The zero-order chi connectivity index (χ0) is 18.2. The Bertz CT molecular complexity index is 733. The number of nitrogens with one attached hydrogen (secondary N) is 2. The molecule has 1 atom stereocenters. The number of rotatable bonds is 7. The molecule has 1 heterocycles. The number of benzene rings is 1. The van der Waals surface area contributed by atoms with E-state index in [0.29, 0.717) is 17.4 Å². The Kier molecular flexibility index (Phi) is 7.18. The molecule has 25 heavy (non-hydrogen) atoms. The van der Waals surface area contributed by atoms with Crippen LogP contribution in [0.5, 0.6) is 0 Å². The molecule has 2 rings (SSSR count). The monoisotopic (exact) mass is 377 g/mol. The second-order valence-corrected chi connectivity index (χ2v) is 7.11. The first-order chi connectivity index (χ1) is 12.0. The number of carbonyl (C=O) groups is 2. The minimum atomic E-state index is -0.627. The number of urea groups is 1. The third kappa shape index (κ3) is 5.42. The van der Waals surface area contributed by atoms with Gasteiger partial charge in [-0.3, -0.25) is 15.0 Å². The van der Waals surface area contributed by atoms with Gasteiger partial charge in [-0.15, -0.1) is 17.9 Å². The van der Waals surface area contributed by atoms with Crippen LogP contribution in [-0.4, -0.2) is 30.4 Å². The zero-order valence-corrected chi connectivity index (χ0v) is 15.4. The van der Waals surface area contributed by atoms with E-state index in [1.165, 1.54) is 18.4 Å². The molecule has 0 spiro atoms. The molecule has 0 fully saturated rings. The minimum Gasteiger partial charge on any atom is -0.341 e. The van der Waals surface area contributed by atoms with Gasteiger partial charge in [0.15, 0.2) is 0 Å². The molecular formula is C18H20ClN3O2S. The van der Waals surface area contributed by atoms with Gasteiger partial charge in [0.1, 0.15) is 6.04 Å². The molecule has 7 heteroatoms. The molecule has 2 aromatic rings. The predicted octanol–water partition coefficient (Wildman–Crippen LogP) is 3.59. The average molecular weight is 378 g/mol. The van der Waals surface area contributed by atoms with Gasteiger partial charge < -0.3 is 5.32 Å². The van der Waals surface area contributed by atoms with E-state index in [1.807, 2.05) is 47.4 Å². The number of carbonyl (C=O) groups excluding carboxylic acids is 2. The van der Waals surface area contributed by atoms with Crippen molar-refractivity contribution in [1.82, 2.24) is 15.5 Å². The number of thiophene rings is 1. The van der Waals surface area contributed by atoms with Crippen LogP contribution in [0.3, 0.4) is 0 Å². The molecule has 0 saturated heterocycles. The van der Waals surface area contributed by atoms with Gasteiger partial charge in [-0.25, -0.2) is 4.79 Å². The Morgan fingerprint density at radius 1 is 1.28 bits per heavy atom. The Morgan fingerprint density at radius 2 is 2.00 bits per heavy atom. The van der Waals surface area contributed by atoms with Crippen LogP contribution < -0.4 is 10.6 Å². The maximum absolute atomic E-state index is 12.8. The third-order valence-corrected chi connectivity index (χ3v) is 4.76. The number of hydrogen-bond donors (Lipinski definition) is 2. The lowest BCUT2D eigenvalue weighted by Crippen LogP contribution is -2.45. The van der Waals surface area contributed by atoms with Crippen molar-refractivity contribution in [2.45, 2.75) is 12.6 Å². The molecular weight excluding hydrogens is 358 g/mol. The third-order valence-electron chi connectivity index (χ3n) is 3.54. The summed E-state index contributed by atoms with van der Waals surface area (Å²) in [5.41, 5.74) is 0.799. The fourth-order valence-electron chi connectivity index (χ4n) is 2.47. The van der Waals surface area contributed by atoms with Crippen LogP contribution in [-0.2, 0) is 11.3 Å². The summed E-state index contributed by atoms with van der Waals surface area (Å²) < 4.78 is 0.694. The zero-order valence-electron chi connectivity index (χ0n) is 13.9. The van der Waals surface area contributed by atoms with Crippen LogP contribution in [0.1, 0.15) is 16.5 Å². The fraction of sp³-hybridized carbons (Fsp3) is 0.222. The Hall–Kier alpha value is -2.15. The Labute approximate surface area is 156 Å². The molecule has 0 bridgehead atoms. The maximum Gasteiger partial charge on any atom is 0.321 e. The summed E-state index contributed by atoms with van der Waals surface area (Å²) in [6.45, 7) is 4.78. The van der Waals surface area contributed by atoms with Gasteiger partial charge in [-0.05, 0) is 17.7 Å². The highest BCUT2D eigenvalue weighted by atomic mass is 35.5. The second-order valence-electron chi connectivity index (χ2n) is 5.31. The van der Waals surface area contributed by atoms with E-state index in [9.17, 15) is 9.59 Å². The first kappa shape index (κ1) is 19.2. The van der Waals surface area contributed by atoms with Crippen molar-refractivity contribution in [2.24, 2.45) is 0 Å². The van der Waals surface area contributed by atoms with Crippen LogP contribution in [0.4, 0.5) is 4.79 Å². The lowest BCUT2D eigenvalue weighted by atomic mass is 10.0. The van der Waals surface area contributed by atoms with Crippen molar-refractivity contribution in [1.29, 1.82) is 0 Å². The molecule has 0 saturated carbocycles. The fourth-order valence-corrected chi connectivity index (χ4v) is 3.58. The van der Waals surface area contributed by atoms with Crippen LogP contribution in [0.25, 0.3) is 0 Å². The highest BCUT2D eigenvalue weighted by Crippen LogP contribution is 2.27. The summed E-state index contributed by atoms with van der Waals surface area (Å²) in [4.78, 5) is 27.3. The van der Waals surface area contributed by atoms with Gasteiger partial charge in [-0.1, -0.05) is 48.0 Å². The average Bonchev–Trinajstić information content (AvgIpc) is 3.01. The number of imide groups is 1. The van der Waals surface area contributed by atoms with Crippen LogP contribution >= 0.6 is 22.9 Å². The van der Waals surface area contributed by atoms with E-state index in [2.05, 4.69) is 17.2 Å². The smallest absolute Gasteiger partial charge is 0.321 e. The van der Waals surface area contributed by atoms with Crippen molar-refractivity contribution >= 4 is 34.9 Å². The molecule has 0 aliphatic carbocycles. The number of halogens is 1. The molecule has 2 N–H and O–H groups in total. The van der Waals surface area contributed by atoms with Crippen molar-refractivity contribution in [3.05, 3.63) is 69.9 Å². The Morgan fingerprint density at radius 3 is 2.56 bits per heavy atom. The standard InChI is InChI=1S/C18H20ClN3O2S/c1-3-11-22(12-14-9-10-15(19)25-14)16(13-7-5-4-6-8-13)17(23)21-18(24)20-2/h3-10,16H,1,11-12H2,2H3,(H2,20,21,23,24)/t16-/m1/s1. The maximum atomic E-state index is 12.8. The second kappa shape index (κ2) is 9.36. The summed E-state index contributed by atoms with van der Waals surface area (Å²) in [7, 11) is 1.47. The summed E-state index contributed by atoms with van der Waals surface area (Å²) in [6, 6.07) is 11.9. The molecule has 0 aliphatic heterocycles. The molecule has 0 aliphatic rings. The van der Waals surface area contributed by atoms with Crippen LogP contribution in [0.2, 0.25) is 4.34 Å². The first-order valence-electron chi connectivity index (χ1n) is 7.71. The predicted molar refractivity (Wildman–Crippen MR) is 102 cm³/mol. The van der Waals surface area contributed by atoms with Gasteiger partial charge in [0, 0.05) is 25.0 Å². The first-order valence-corrected chi connectivity index (χ1v) is 8.91. The summed E-state index contributed by atoms with van der Waals surface area (Å²) in [5.74, 6) is -0.393. The van der Waals surface area contributed by atoms with Crippen molar-refractivity contribution in [3.8, 4) is 0 Å². The summed E-state index contributed by atoms with van der Waals surface area (Å²) in [5, 5.41) is 4.77. The van der Waals surface area contributed by atoms with Crippen molar-refractivity contribution in [2.75, 3.05) is 13.6 Å². The van der Waals surface area contributed by atoms with Gasteiger partial charge in [0.05, 0.1) is 4.34 Å². The topological polar surface area (TPSA) is 61.4 Å². The van der Waals surface area contributed by atoms with Crippen LogP contribution in [0.15, 0.2) is 55.1 Å². The van der Waals surface area contributed by atoms with Gasteiger partial charge >= 0.3 is 6.03 Å². The largest absolute Gasteiger partial charge is 0.341 e. The quantitative estimate of drug-likeness (QED) is 0.725. The van der Waals surface area contributed by atoms with Crippen LogP contribution in [0, 0.1) is 0 Å². The normalized spacial score (nSPS) is 11.8. The van der Waals surface area contributed by atoms with E-state index < -0.39 is 18.0 Å². The summed E-state index contributed by atoms with van der Waals surface area (Å²) in [6.07, 6.45) is 1.73. The van der Waals surface area contributed by atoms with Gasteiger partial charge in [0.2, 0.25) is 5.91 Å². The highest BCUT2D eigenvalue weighted by Gasteiger charge is 2.28. The molecule has 132 valence electrons. The van der Waals surface area contributed by atoms with E-state index in [1.54, 1.807) is 6.08 Å². The highest BCUT2D eigenvalue weighted by molar-refractivity contribution is 7.16. The molecule has 3 amide bonds. The van der Waals surface area contributed by atoms with Gasteiger partial charge in [-0.2, -0.15) is 0 Å². The molecule has 1 aromatic heterocycles. The molecule has 0 unspecified atom stereocenters.